The summed E-state index contributed by atoms with van der Waals surface area (Å²) < 4.78 is 3.16. The Balaban J connectivity index is 2.39. The topological polar surface area (TPSA) is 65.1 Å². The van der Waals surface area contributed by atoms with E-state index in [-0.39, 0.29) is 0 Å². The Bertz CT molecular complexity index is 335. The Labute approximate surface area is 79.9 Å². The normalized spacial score (nSPS) is 16.3. The summed E-state index contributed by atoms with van der Waals surface area (Å²) in [6.45, 7) is 0.929. The molecule has 13 heavy (non-hydrogen) atoms. The molecule has 1 aromatic heterocycles. The van der Waals surface area contributed by atoms with Crippen molar-refractivity contribution in [2.45, 2.75) is 17.7 Å². The number of H-pyrrole nitrogens is 1. The van der Waals surface area contributed by atoms with Gasteiger partial charge in [0.25, 0.3) is 0 Å². The maximum Gasteiger partial charge on any atom is 0.352 e. The number of carboxylic acids is 1. The van der Waals surface area contributed by atoms with Gasteiger partial charge in [-0.3, -0.25) is 4.72 Å². The molecule has 0 atom stereocenters. The molecule has 70 valence electrons. The van der Waals surface area contributed by atoms with Crippen LogP contribution in [-0.2, 0) is 6.42 Å². The van der Waals surface area contributed by atoms with E-state index in [1.54, 1.807) is 6.20 Å². The molecule has 1 aliphatic heterocycles. The van der Waals surface area contributed by atoms with E-state index < -0.39 is 5.97 Å². The van der Waals surface area contributed by atoms with Gasteiger partial charge in [-0.05, 0) is 30.4 Å². The summed E-state index contributed by atoms with van der Waals surface area (Å²) in [5.41, 5.74) is 1.27. The first-order valence-corrected chi connectivity index (χ1v) is 4.94. The third kappa shape index (κ3) is 1.57. The Morgan fingerprint density at radius 3 is 3.23 bits per heavy atom. The third-order valence-electron chi connectivity index (χ3n) is 2.05. The lowest BCUT2D eigenvalue weighted by Gasteiger charge is -1.97. The van der Waals surface area contributed by atoms with Gasteiger partial charge in [0.2, 0.25) is 0 Å². The number of aromatic nitrogens is 1. The summed E-state index contributed by atoms with van der Waals surface area (Å²) in [6.07, 6.45) is 3.57. The van der Waals surface area contributed by atoms with Crippen LogP contribution in [0.3, 0.4) is 0 Å². The molecule has 0 unspecified atom stereocenters. The lowest BCUT2D eigenvalue weighted by molar-refractivity contribution is 0.0690. The molecule has 0 radical (unpaired) electrons. The molecule has 0 fully saturated rings. The second-order valence-corrected chi connectivity index (χ2v) is 3.84. The Hall–Kier alpha value is -0.940. The summed E-state index contributed by atoms with van der Waals surface area (Å²) in [7, 11) is 0. The SMILES string of the molecule is O=C(O)c1[nH]cc2c1CCCNS2. The van der Waals surface area contributed by atoms with Gasteiger partial charge in [0.15, 0.2) is 0 Å². The molecular formula is C8H10N2O2S. The lowest BCUT2D eigenvalue weighted by Crippen LogP contribution is -2.03. The van der Waals surface area contributed by atoms with Gasteiger partial charge in [-0.1, -0.05) is 0 Å². The van der Waals surface area contributed by atoms with E-state index in [0.29, 0.717) is 5.69 Å². The number of carbonyl (C=O) groups is 1. The fraction of sp³-hybridized carbons (Fsp3) is 0.375. The van der Waals surface area contributed by atoms with Crippen LogP contribution in [0.15, 0.2) is 11.1 Å². The van der Waals surface area contributed by atoms with Gasteiger partial charge < -0.3 is 10.1 Å². The summed E-state index contributed by atoms with van der Waals surface area (Å²) in [4.78, 5) is 14.6. The van der Waals surface area contributed by atoms with Crippen molar-refractivity contribution in [3.05, 3.63) is 17.5 Å². The minimum atomic E-state index is -0.872. The van der Waals surface area contributed by atoms with Crippen molar-refractivity contribution < 1.29 is 9.90 Å². The number of nitrogens with one attached hydrogen (secondary N) is 2. The van der Waals surface area contributed by atoms with E-state index in [0.717, 1.165) is 29.8 Å². The van der Waals surface area contributed by atoms with Crippen LogP contribution in [0.25, 0.3) is 0 Å². The van der Waals surface area contributed by atoms with Crippen LogP contribution in [0, 0.1) is 0 Å². The monoisotopic (exact) mass is 198 g/mol. The predicted molar refractivity (Wildman–Crippen MR) is 49.9 cm³/mol. The van der Waals surface area contributed by atoms with Crippen LogP contribution in [0.4, 0.5) is 0 Å². The van der Waals surface area contributed by atoms with Crippen LogP contribution < -0.4 is 4.72 Å². The van der Waals surface area contributed by atoms with Crippen LogP contribution in [0.1, 0.15) is 22.5 Å². The first-order valence-electron chi connectivity index (χ1n) is 4.12. The maximum absolute atomic E-state index is 10.8. The van der Waals surface area contributed by atoms with Crippen LogP contribution in [-0.4, -0.2) is 22.6 Å². The van der Waals surface area contributed by atoms with Crippen molar-refractivity contribution in [3.63, 3.8) is 0 Å². The Morgan fingerprint density at radius 2 is 2.46 bits per heavy atom. The summed E-state index contributed by atoms with van der Waals surface area (Å²) in [5.74, 6) is -0.872. The van der Waals surface area contributed by atoms with Gasteiger partial charge in [0.05, 0.1) is 0 Å². The number of carboxylic acid groups (broad SMARTS) is 1. The first kappa shape index (κ1) is 8.65. The number of hydrogen-bond acceptors (Lipinski definition) is 3. The van der Waals surface area contributed by atoms with Gasteiger partial charge in [-0.25, -0.2) is 4.79 Å². The number of aromatic carboxylic acids is 1. The van der Waals surface area contributed by atoms with Gasteiger partial charge in [-0.15, -0.1) is 0 Å². The molecule has 3 N–H and O–H groups in total. The molecule has 5 heteroatoms. The first-order chi connectivity index (χ1) is 6.29. The summed E-state index contributed by atoms with van der Waals surface area (Å²) >= 11 is 1.50. The quantitative estimate of drug-likeness (QED) is 0.594. The average molecular weight is 198 g/mol. The van der Waals surface area contributed by atoms with E-state index >= 15 is 0 Å². The van der Waals surface area contributed by atoms with Gasteiger partial charge in [0, 0.05) is 17.6 Å². The molecule has 0 aromatic carbocycles. The van der Waals surface area contributed by atoms with Crippen LogP contribution in [0.2, 0.25) is 0 Å². The average Bonchev–Trinajstić information content (AvgIpc) is 2.36. The highest BCUT2D eigenvalue weighted by atomic mass is 32.2. The molecule has 0 saturated heterocycles. The minimum absolute atomic E-state index is 0.339. The molecule has 1 aliphatic rings. The van der Waals surface area contributed by atoms with E-state index in [4.69, 9.17) is 5.11 Å². The molecule has 0 aliphatic carbocycles. The zero-order valence-electron chi connectivity index (χ0n) is 6.96. The second-order valence-electron chi connectivity index (χ2n) is 2.91. The van der Waals surface area contributed by atoms with Gasteiger partial charge in [-0.2, -0.15) is 0 Å². The second kappa shape index (κ2) is 3.43. The van der Waals surface area contributed by atoms with Crippen LogP contribution in [0.5, 0.6) is 0 Å². The summed E-state index contributed by atoms with van der Waals surface area (Å²) in [5, 5.41) is 8.86. The van der Waals surface area contributed by atoms with E-state index in [9.17, 15) is 4.79 Å². The summed E-state index contributed by atoms with van der Waals surface area (Å²) in [6, 6.07) is 0. The standard InChI is InChI=1S/C8H10N2O2S/c11-8(12)7-5-2-1-3-10-13-6(5)4-9-7/h4,9-10H,1-3H2,(H,11,12). The van der Waals surface area contributed by atoms with Crippen molar-refractivity contribution in [1.82, 2.24) is 9.71 Å². The van der Waals surface area contributed by atoms with Gasteiger partial charge >= 0.3 is 5.97 Å². The fourth-order valence-electron chi connectivity index (χ4n) is 1.43. The minimum Gasteiger partial charge on any atom is -0.477 e. The molecular weight excluding hydrogens is 188 g/mol. The molecule has 0 spiro atoms. The predicted octanol–water partition coefficient (Wildman–Crippen LogP) is 1.26. The zero-order valence-corrected chi connectivity index (χ0v) is 7.78. The Kier molecular flexibility index (Phi) is 2.28. The molecule has 0 bridgehead atoms. The number of hydrogen-bond donors (Lipinski definition) is 3. The highest BCUT2D eigenvalue weighted by Crippen LogP contribution is 2.26. The van der Waals surface area contributed by atoms with Crippen molar-refractivity contribution in [3.8, 4) is 0 Å². The van der Waals surface area contributed by atoms with Crippen molar-refractivity contribution in [2.75, 3.05) is 6.54 Å². The van der Waals surface area contributed by atoms with E-state index in [1.807, 2.05) is 0 Å². The van der Waals surface area contributed by atoms with Crippen molar-refractivity contribution >= 4 is 17.9 Å². The van der Waals surface area contributed by atoms with Crippen molar-refractivity contribution in [1.29, 1.82) is 0 Å². The Morgan fingerprint density at radius 1 is 1.62 bits per heavy atom. The molecule has 0 saturated carbocycles. The third-order valence-corrected chi connectivity index (χ3v) is 2.98. The lowest BCUT2D eigenvalue weighted by atomic mass is 10.1. The molecule has 0 amide bonds. The highest BCUT2D eigenvalue weighted by Gasteiger charge is 2.18. The molecule has 4 nitrogen and oxygen atoms in total. The number of fused-ring (bicyclic) bond motifs is 1. The van der Waals surface area contributed by atoms with Gasteiger partial charge in [0.1, 0.15) is 5.69 Å². The smallest absolute Gasteiger partial charge is 0.352 e. The largest absolute Gasteiger partial charge is 0.477 e. The maximum atomic E-state index is 10.8. The molecule has 2 heterocycles. The van der Waals surface area contributed by atoms with E-state index in [2.05, 4.69) is 9.71 Å². The highest BCUT2D eigenvalue weighted by molar-refractivity contribution is 7.97. The zero-order chi connectivity index (χ0) is 9.26. The fourth-order valence-corrected chi connectivity index (χ4v) is 2.28. The van der Waals surface area contributed by atoms with Crippen LogP contribution >= 0.6 is 11.9 Å². The van der Waals surface area contributed by atoms with E-state index in [1.165, 1.54) is 11.9 Å². The molecule has 2 rings (SSSR count). The van der Waals surface area contributed by atoms with Crippen molar-refractivity contribution in [2.24, 2.45) is 0 Å². The molecule has 1 aromatic rings. The number of rotatable bonds is 1. The number of aromatic amines is 1.